The van der Waals surface area contributed by atoms with Crippen LogP contribution < -0.4 is 10.1 Å². The van der Waals surface area contributed by atoms with Crippen LogP contribution in [0.1, 0.15) is 35.9 Å². The number of nitrogens with one attached hydrogen (secondary N) is 1. The van der Waals surface area contributed by atoms with Gasteiger partial charge in [-0.3, -0.25) is 10.1 Å². The third-order valence-electron chi connectivity index (χ3n) is 3.93. The normalized spacial score (nSPS) is 10.9. The Kier molecular flexibility index (Phi) is 7.55. The van der Waals surface area contributed by atoms with Crippen molar-refractivity contribution in [1.82, 2.24) is 25.2 Å². The van der Waals surface area contributed by atoms with Gasteiger partial charge in [-0.25, -0.2) is 4.68 Å². The monoisotopic (exact) mass is 434 g/mol. The molecule has 0 radical (unpaired) electrons. The van der Waals surface area contributed by atoms with Crippen molar-refractivity contribution in [3.8, 4) is 11.4 Å². The summed E-state index contributed by atoms with van der Waals surface area (Å²) in [6.45, 7) is 2.32. The molecule has 3 rings (SSSR count). The Balaban J connectivity index is 1.77. The predicted molar refractivity (Wildman–Crippen MR) is 112 cm³/mol. The number of amides is 1. The van der Waals surface area contributed by atoms with Crippen molar-refractivity contribution in [2.45, 2.75) is 30.7 Å². The number of thioether (sulfide) groups is 1. The molecule has 154 valence electrons. The molecule has 0 aliphatic heterocycles. The van der Waals surface area contributed by atoms with Crippen molar-refractivity contribution >= 4 is 34.1 Å². The van der Waals surface area contributed by atoms with Crippen LogP contribution in [0, 0.1) is 0 Å². The maximum absolute atomic E-state index is 12.8. The number of ether oxygens (including phenoxy) is 2. The highest BCUT2D eigenvalue weighted by Crippen LogP contribution is 2.27. The molecule has 1 amide bonds. The van der Waals surface area contributed by atoms with E-state index in [1.54, 1.807) is 30.7 Å². The molecule has 0 saturated carbocycles. The predicted octanol–water partition coefficient (Wildman–Crippen LogP) is 3.42. The molecule has 0 atom stereocenters. The first kappa shape index (κ1) is 21.2. The molecule has 0 aliphatic rings. The highest BCUT2D eigenvalue weighted by Gasteiger charge is 2.22. The number of hydrogen-bond acceptors (Lipinski definition) is 9. The number of nitrogens with zero attached hydrogens (tertiary/aromatic N) is 5. The van der Waals surface area contributed by atoms with E-state index in [1.165, 1.54) is 11.3 Å². The molecule has 1 aromatic carbocycles. The average Bonchev–Trinajstić information content (AvgIpc) is 3.36. The first-order valence-corrected chi connectivity index (χ1v) is 10.8. The summed E-state index contributed by atoms with van der Waals surface area (Å²) >= 11 is 2.98. The van der Waals surface area contributed by atoms with Crippen molar-refractivity contribution in [1.29, 1.82) is 0 Å². The van der Waals surface area contributed by atoms with Crippen molar-refractivity contribution in [3.63, 3.8) is 0 Å². The zero-order valence-corrected chi connectivity index (χ0v) is 18.0. The molecule has 2 aromatic heterocycles. The van der Waals surface area contributed by atoms with Gasteiger partial charge < -0.3 is 9.47 Å². The second kappa shape index (κ2) is 10.3. The largest absolute Gasteiger partial charge is 0.497 e. The Morgan fingerprint density at radius 1 is 1.21 bits per heavy atom. The van der Waals surface area contributed by atoms with Gasteiger partial charge in [-0.15, -0.1) is 15.3 Å². The molecule has 0 unspecified atom stereocenters. The third kappa shape index (κ3) is 5.31. The van der Waals surface area contributed by atoms with E-state index in [1.807, 2.05) is 24.3 Å². The lowest BCUT2D eigenvalue weighted by molar-refractivity contribution is 0.101. The number of aromatic nitrogens is 5. The van der Waals surface area contributed by atoms with Crippen molar-refractivity contribution in [2.24, 2.45) is 0 Å². The Hall–Kier alpha value is -2.50. The van der Waals surface area contributed by atoms with E-state index in [9.17, 15) is 4.79 Å². The Bertz CT molecular complexity index is 941. The Morgan fingerprint density at radius 2 is 2.00 bits per heavy atom. The molecule has 0 saturated heterocycles. The van der Waals surface area contributed by atoms with Gasteiger partial charge in [0.1, 0.15) is 11.4 Å². The van der Waals surface area contributed by atoms with Gasteiger partial charge in [0.15, 0.2) is 10.0 Å². The van der Waals surface area contributed by atoms with Gasteiger partial charge in [-0.2, -0.15) is 0 Å². The second-order valence-corrected chi connectivity index (χ2v) is 8.28. The summed E-state index contributed by atoms with van der Waals surface area (Å²) in [5.41, 5.74) is 1.46. The maximum Gasteiger partial charge on any atom is 0.280 e. The van der Waals surface area contributed by atoms with Crippen LogP contribution in [0.5, 0.6) is 5.75 Å². The molecule has 1 N–H and O–H groups in total. The Labute approximate surface area is 176 Å². The fraction of sp³-hybridized carbons (Fsp3) is 0.389. The number of anilines is 1. The van der Waals surface area contributed by atoms with Gasteiger partial charge in [-0.05, 0) is 30.7 Å². The minimum Gasteiger partial charge on any atom is -0.497 e. The van der Waals surface area contributed by atoms with E-state index >= 15 is 0 Å². The van der Waals surface area contributed by atoms with Crippen LogP contribution in [0.15, 0.2) is 28.6 Å². The molecule has 0 aliphatic carbocycles. The summed E-state index contributed by atoms with van der Waals surface area (Å²) in [7, 11) is 3.15. The van der Waals surface area contributed by atoms with Crippen molar-refractivity contribution in [3.05, 3.63) is 35.7 Å². The number of carbonyl (C=O) groups is 1. The zero-order chi connectivity index (χ0) is 20.6. The van der Waals surface area contributed by atoms with Crippen LogP contribution in [0.25, 0.3) is 5.69 Å². The van der Waals surface area contributed by atoms with Gasteiger partial charge in [-0.1, -0.05) is 41.7 Å². The van der Waals surface area contributed by atoms with Gasteiger partial charge in [0, 0.05) is 12.9 Å². The topological polar surface area (TPSA) is 104 Å². The fourth-order valence-corrected chi connectivity index (χ4v) is 4.35. The molecule has 29 heavy (non-hydrogen) atoms. The van der Waals surface area contributed by atoms with Crippen LogP contribution in [0.3, 0.4) is 0 Å². The van der Waals surface area contributed by atoms with Gasteiger partial charge in [0.05, 0.1) is 19.4 Å². The second-order valence-electron chi connectivity index (χ2n) is 5.96. The minimum atomic E-state index is -0.405. The van der Waals surface area contributed by atoms with E-state index in [0.29, 0.717) is 10.8 Å². The Morgan fingerprint density at radius 3 is 2.69 bits per heavy atom. The summed E-state index contributed by atoms with van der Waals surface area (Å²) in [5, 5.41) is 19.5. The van der Waals surface area contributed by atoms with Crippen molar-refractivity contribution in [2.75, 3.05) is 25.3 Å². The summed E-state index contributed by atoms with van der Waals surface area (Å²) in [4.78, 5) is 12.8. The molecule has 9 nitrogen and oxygen atoms in total. The summed E-state index contributed by atoms with van der Waals surface area (Å²) in [6.07, 6.45) is 2.24. The van der Waals surface area contributed by atoms with E-state index in [2.05, 4.69) is 32.7 Å². The van der Waals surface area contributed by atoms with Crippen LogP contribution >= 0.6 is 23.1 Å². The third-order valence-corrected chi connectivity index (χ3v) is 5.98. The van der Waals surface area contributed by atoms with Crippen LogP contribution in [-0.2, 0) is 11.3 Å². The van der Waals surface area contributed by atoms with Gasteiger partial charge >= 0.3 is 0 Å². The van der Waals surface area contributed by atoms with Crippen LogP contribution in [0.4, 0.5) is 5.13 Å². The summed E-state index contributed by atoms with van der Waals surface area (Å²) < 4.78 is 12.8. The lowest BCUT2D eigenvalue weighted by Gasteiger charge is -2.08. The first-order valence-electron chi connectivity index (χ1n) is 9.01. The van der Waals surface area contributed by atoms with E-state index in [0.717, 1.165) is 34.4 Å². The highest BCUT2D eigenvalue weighted by molar-refractivity contribution is 8.01. The maximum atomic E-state index is 12.8. The molecular formula is C18H22N6O3S2. The number of carbonyl (C=O) groups excluding carboxylic acids is 1. The van der Waals surface area contributed by atoms with E-state index in [4.69, 9.17) is 9.47 Å². The SMILES string of the molecule is CCCCSc1nnc(NC(=O)c2nnn(-c3ccc(OC)cc3)c2COC)s1. The molecular weight excluding hydrogens is 412 g/mol. The standard InChI is InChI=1S/C18H22N6O3S2/c1-4-5-10-28-18-22-21-17(29-18)19-16(25)15-14(11-26-2)24(23-20-15)12-6-8-13(27-3)9-7-12/h6-9H,4-5,10-11H2,1-3H3,(H,19,21,25). The average molecular weight is 435 g/mol. The molecule has 3 aromatic rings. The summed E-state index contributed by atoms with van der Waals surface area (Å²) in [5.74, 6) is 1.30. The lowest BCUT2D eigenvalue weighted by Crippen LogP contribution is -2.16. The van der Waals surface area contributed by atoms with Gasteiger partial charge in [0.25, 0.3) is 5.91 Å². The lowest BCUT2D eigenvalue weighted by atomic mass is 10.2. The molecule has 0 bridgehead atoms. The quantitative estimate of drug-likeness (QED) is 0.294. The minimum absolute atomic E-state index is 0.177. The fourth-order valence-electron chi connectivity index (χ4n) is 2.45. The van der Waals surface area contributed by atoms with Crippen LogP contribution in [-0.4, -0.2) is 51.1 Å². The molecule has 0 fully saturated rings. The highest BCUT2D eigenvalue weighted by atomic mass is 32.2. The van der Waals surface area contributed by atoms with Crippen LogP contribution in [0.2, 0.25) is 0 Å². The number of unbranched alkanes of at least 4 members (excludes halogenated alkanes) is 1. The summed E-state index contributed by atoms with van der Waals surface area (Å²) in [6, 6.07) is 7.29. The van der Waals surface area contributed by atoms with Gasteiger partial charge in [0.2, 0.25) is 5.13 Å². The molecule has 11 heteroatoms. The molecule has 0 spiro atoms. The number of rotatable bonds is 10. The number of hydrogen-bond donors (Lipinski definition) is 1. The zero-order valence-electron chi connectivity index (χ0n) is 16.4. The molecule has 2 heterocycles. The van der Waals surface area contributed by atoms with E-state index < -0.39 is 5.91 Å². The number of benzene rings is 1. The van der Waals surface area contributed by atoms with Crippen molar-refractivity contribution < 1.29 is 14.3 Å². The van der Waals surface area contributed by atoms with E-state index in [-0.39, 0.29) is 12.3 Å². The smallest absolute Gasteiger partial charge is 0.280 e. The number of methoxy groups -OCH3 is 2. The first-order chi connectivity index (χ1) is 14.2.